The summed E-state index contributed by atoms with van der Waals surface area (Å²) in [6, 6.07) is 14.5. The Kier molecular flexibility index (Phi) is 6.37. The van der Waals surface area contributed by atoms with Gasteiger partial charge in [-0.1, -0.05) is 30.0 Å². The zero-order valence-corrected chi connectivity index (χ0v) is 22.4. The number of nitriles is 1. The summed E-state index contributed by atoms with van der Waals surface area (Å²) < 4.78 is 30.4. The molecule has 6 rings (SSSR count). The van der Waals surface area contributed by atoms with Crippen molar-refractivity contribution < 1.29 is 8.42 Å². The standard InChI is InChI=1S/C27H25N7O2S2/c1-37-27-29-15-12-22(32-27)26-31-23-17-30-25-21(13-16-33(25)38(35,36)20-5-3-2-4-6-20)24(23)34(26)19-9-7-18(8-10-19)11-14-28/h2-6,12-13,15-19H,7-11H2,1H3/t18-,19-. The van der Waals surface area contributed by atoms with E-state index in [4.69, 9.17) is 9.97 Å². The van der Waals surface area contributed by atoms with Gasteiger partial charge < -0.3 is 4.57 Å². The number of imidazole rings is 1. The van der Waals surface area contributed by atoms with Gasteiger partial charge in [-0.05, 0) is 62.1 Å². The minimum atomic E-state index is -3.83. The van der Waals surface area contributed by atoms with Crippen LogP contribution in [-0.4, -0.2) is 43.1 Å². The van der Waals surface area contributed by atoms with Crippen molar-refractivity contribution in [2.75, 3.05) is 6.26 Å². The van der Waals surface area contributed by atoms with Gasteiger partial charge in [0.15, 0.2) is 16.6 Å². The molecule has 4 aromatic heterocycles. The molecule has 0 aliphatic heterocycles. The maximum absolute atomic E-state index is 13.5. The van der Waals surface area contributed by atoms with Gasteiger partial charge in [-0.3, -0.25) is 0 Å². The van der Waals surface area contributed by atoms with Crippen LogP contribution in [0.3, 0.4) is 0 Å². The highest BCUT2D eigenvalue weighted by atomic mass is 32.2. The van der Waals surface area contributed by atoms with Crippen LogP contribution < -0.4 is 0 Å². The Balaban J connectivity index is 1.56. The van der Waals surface area contributed by atoms with Crippen molar-refractivity contribution in [2.24, 2.45) is 5.92 Å². The average molecular weight is 544 g/mol. The molecule has 0 atom stereocenters. The lowest BCUT2D eigenvalue weighted by atomic mass is 9.84. The molecule has 9 nitrogen and oxygen atoms in total. The van der Waals surface area contributed by atoms with Crippen LogP contribution >= 0.6 is 11.8 Å². The SMILES string of the molecule is CSc1nccc(-c2nc3cnc4c(ccn4S(=O)(=O)c4ccccc4)c3n2[C@H]2CC[C@H](CC#N)CC2)n1. The third-order valence-electron chi connectivity index (χ3n) is 7.24. The van der Waals surface area contributed by atoms with Gasteiger partial charge in [0, 0.05) is 30.2 Å². The van der Waals surface area contributed by atoms with Gasteiger partial charge in [0.25, 0.3) is 10.0 Å². The van der Waals surface area contributed by atoms with Crippen molar-refractivity contribution >= 4 is 43.9 Å². The number of rotatable bonds is 6. The lowest BCUT2D eigenvalue weighted by Crippen LogP contribution is -2.19. The molecule has 192 valence electrons. The number of fused-ring (bicyclic) bond motifs is 3. The fourth-order valence-corrected chi connectivity index (χ4v) is 7.06. The van der Waals surface area contributed by atoms with Gasteiger partial charge >= 0.3 is 0 Å². The van der Waals surface area contributed by atoms with E-state index in [1.807, 2.05) is 18.4 Å². The van der Waals surface area contributed by atoms with Gasteiger partial charge in [0.05, 0.1) is 22.7 Å². The average Bonchev–Trinajstić information content (AvgIpc) is 3.56. The second-order valence-electron chi connectivity index (χ2n) is 9.43. The van der Waals surface area contributed by atoms with Crippen LogP contribution in [0.4, 0.5) is 0 Å². The molecule has 1 aliphatic carbocycles. The molecule has 0 spiro atoms. The summed E-state index contributed by atoms with van der Waals surface area (Å²) in [6.07, 6.45) is 11.2. The van der Waals surface area contributed by atoms with Crippen LogP contribution in [-0.2, 0) is 10.0 Å². The van der Waals surface area contributed by atoms with E-state index in [1.165, 1.54) is 15.7 Å². The molecule has 1 saturated carbocycles. The summed E-state index contributed by atoms with van der Waals surface area (Å²) in [5.41, 5.74) is 2.61. The summed E-state index contributed by atoms with van der Waals surface area (Å²) in [5.74, 6) is 1.12. The highest BCUT2D eigenvalue weighted by molar-refractivity contribution is 7.98. The van der Waals surface area contributed by atoms with Crippen LogP contribution in [0, 0.1) is 17.2 Å². The molecule has 4 heterocycles. The lowest BCUT2D eigenvalue weighted by Gasteiger charge is -2.29. The van der Waals surface area contributed by atoms with Gasteiger partial charge in [-0.25, -0.2) is 32.3 Å². The van der Waals surface area contributed by atoms with E-state index in [0.717, 1.165) is 42.4 Å². The lowest BCUT2D eigenvalue weighted by molar-refractivity contribution is 0.283. The Morgan fingerprint density at radius 2 is 1.84 bits per heavy atom. The van der Waals surface area contributed by atoms with Crippen molar-refractivity contribution in [1.29, 1.82) is 5.26 Å². The van der Waals surface area contributed by atoms with E-state index in [1.54, 1.807) is 48.9 Å². The van der Waals surface area contributed by atoms with E-state index >= 15 is 0 Å². The minimum absolute atomic E-state index is 0.136. The molecule has 1 aliphatic rings. The normalized spacial score (nSPS) is 18.1. The molecular weight excluding hydrogens is 518 g/mol. The third-order valence-corrected chi connectivity index (χ3v) is 9.48. The minimum Gasteiger partial charge on any atom is -0.319 e. The smallest absolute Gasteiger partial charge is 0.269 e. The second kappa shape index (κ2) is 9.85. The zero-order valence-electron chi connectivity index (χ0n) is 20.7. The van der Waals surface area contributed by atoms with Crippen molar-refractivity contribution in [2.45, 2.75) is 48.2 Å². The molecular formula is C27H25N7O2S2. The van der Waals surface area contributed by atoms with Gasteiger partial charge in [0.1, 0.15) is 11.2 Å². The summed E-state index contributed by atoms with van der Waals surface area (Å²) in [6.45, 7) is 0. The predicted molar refractivity (Wildman–Crippen MR) is 146 cm³/mol. The Morgan fingerprint density at radius 3 is 2.58 bits per heavy atom. The maximum Gasteiger partial charge on any atom is 0.269 e. The third kappa shape index (κ3) is 4.14. The fourth-order valence-electron chi connectivity index (χ4n) is 5.38. The molecule has 0 amide bonds. The number of benzene rings is 1. The first kappa shape index (κ1) is 24.6. The number of nitrogens with zero attached hydrogens (tertiary/aromatic N) is 7. The first-order valence-corrected chi connectivity index (χ1v) is 15.1. The van der Waals surface area contributed by atoms with E-state index in [0.29, 0.717) is 34.4 Å². The van der Waals surface area contributed by atoms with E-state index < -0.39 is 10.0 Å². The van der Waals surface area contributed by atoms with E-state index in [2.05, 4.69) is 20.6 Å². The van der Waals surface area contributed by atoms with Crippen molar-refractivity contribution in [3.05, 3.63) is 61.1 Å². The van der Waals surface area contributed by atoms with Gasteiger partial charge in [-0.15, -0.1) is 0 Å². The van der Waals surface area contributed by atoms with Crippen molar-refractivity contribution in [3.8, 4) is 17.6 Å². The zero-order chi connectivity index (χ0) is 26.3. The van der Waals surface area contributed by atoms with Crippen LogP contribution in [0.25, 0.3) is 33.6 Å². The van der Waals surface area contributed by atoms with Crippen LogP contribution in [0.15, 0.2) is 71.1 Å². The van der Waals surface area contributed by atoms with Crippen LogP contribution in [0.5, 0.6) is 0 Å². The number of hydrogen-bond acceptors (Lipinski definition) is 8. The first-order chi connectivity index (χ1) is 18.5. The molecule has 0 saturated heterocycles. The molecule has 1 aromatic carbocycles. The first-order valence-electron chi connectivity index (χ1n) is 12.4. The summed E-state index contributed by atoms with van der Waals surface area (Å²) >= 11 is 1.47. The highest BCUT2D eigenvalue weighted by Crippen LogP contribution is 2.40. The molecule has 11 heteroatoms. The fraction of sp³-hybridized carbons (Fsp3) is 0.296. The number of pyridine rings is 1. The number of aromatic nitrogens is 6. The Labute approximate surface area is 224 Å². The molecule has 0 unspecified atom stereocenters. The van der Waals surface area contributed by atoms with E-state index in [-0.39, 0.29) is 10.9 Å². The van der Waals surface area contributed by atoms with Crippen molar-refractivity contribution in [3.63, 3.8) is 0 Å². The predicted octanol–water partition coefficient (Wildman–Crippen LogP) is 5.45. The molecule has 0 N–H and O–H groups in total. The Bertz CT molecular complexity index is 1780. The number of hydrogen-bond donors (Lipinski definition) is 0. The van der Waals surface area contributed by atoms with E-state index in [9.17, 15) is 13.7 Å². The maximum atomic E-state index is 13.5. The molecule has 0 bridgehead atoms. The summed E-state index contributed by atoms with van der Waals surface area (Å²) in [5, 5.41) is 10.6. The van der Waals surface area contributed by atoms with Crippen LogP contribution in [0.2, 0.25) is 0 Å². The molecule has 0 radical (unpaired) electrons. The van der Waals surface area contributed by atoms with Gasteiger partial charge in [-0.2, -0.15) is 5.26 Å². The van der Waals surface area contributed by atoms with Crippen molar-refractivity contribution in [1.82, 2.24) is 28.5 Å². The summed E-state index contributed by atoms with van der Waals surface area (Å²) in [4.78, 5) is 18.8. The van der Waals surface area contributed by atoms with Gasteiger partial charge in [0.2, 0.25) is 0 Å². The molecule has 1 fully saturated rings. The molecule has 5 aromatic rings. The number of thioether (sulfide) groups is 1. The quantitative estimate of drug-likeness (QED) is 0.205. The Hall–Kier alpha value is -3.75. The topological polar surface area (TPSA) is 119 Å². The second-order valence-corrected chi connectivity index (χ2v) is 12.0. The highest BCUT2D eigenvalue weighted by Gasteiger charge is 2.29. The monoisotopic (exact) mass is 543 g/mol. The Morgan fingerprint density at radius 1 is 1.05 bits per heavy atom. The summed E-state index contributed by atoms with van der Waals surface area (Å²) in [7, 11) is -3.83. The largest absolute Gasteiger partial charge is 0.319 e. The van der Waals surface area contributed by atoms with Crippen LogP contribution in [0.1, 0.15) is 38.1 Å². The molecule has 38 heavy (non-hydrogen) atoms.